The molecule has 2 saturated heterocycles. The summed E-state index contributed by atoms with van der Waals surface area (Å²) in [5.41, 5.74) is 3.02. The van der Waals surface area contributed by atoms with Crippen molar-refractivity contribution in [1.82, 2.24) is 14.7 Å². The molecule has 0 aliphatic carbocycles. The number of carbonyl (C=O) groups excluding carboxylic acids is 1. The van der Waals surface area contributed by atoms with E-state index in [1.54, 1.807) is 4.68 Å². The third-order valence-corrected chi connectivity index (χ3v) is 5.95. The minimum absolute atomic E-state index is 0.0422. The molecule has 3 aromatic rings. The van der Waals surface area contributed by atoms with E-state index in [-0.39, 0.29) is 5.91 Å². The van der Waals surface area contributed by atoms with E-state index >= 15 is 0 Å². The summed E-state index contributed by atoms with van der Waals surface area (Å²) in [4.78, 5) is 15.3. The molecule has 3 heterocycles. The summed E-state index contributed by atoms with van der Waals surface area (Å²) in [6, 6.07) is 19.0. The Morgan fingerprint density at radius 2 is 1.63 bits per heavy atom. The summed E-state index contributed by atoms with van der Waals surface area (Å²) < 4.78 is 13.3. The number of likely N-dealkylation sites (tertiary alicyclic amines) is 1. The number of piperidine rings is 1. The maximum atomic E-state index is 13.5. The standard InChI is InChI=1S/C23H22ClN3O3/c24-18-8-6-17(7-9-18)20-16-21(27(25-20)19-4-2-1-3-5-19)22(28)26-12-10-23(11-13-26)29-14-15-30-23/h1-9,16H,10-15H2. The lowest BCUT2D eigenvalue weighted by molar-refractivity contribution is -0.181. The van der Waals surface area contributed by atoms with Crippen molar-refractivity contribution in [3.63, 3.8) is 0 Å². The molecule has 154 valence electrons. The number of nitrogens with zero attached hydrogens (tertiary/aromatic N) is 3. The highest BCUT2D eigenvalue weighted by Gasteiger charge is 2.41. The van der Waals surface area contributed by atoms with Gasteiger partial charge in [-0.2, -0.15) is 5.10 Å². The molecule has 0 atom stereocenters. The number of hydrogen-bond donors (Lipinski definition) is 0. The van der Waals surface area contributed by atoms with Gasteiger partial charge < -0.3 is 14.4 Å². The lowest BCUT2D eigenvalue weighted by atomic mass is 10.0. The Morgan fingerprint density at radius 1 is 0.967 bits per heavy atom. The van der Waals surface area contributed by atoms with Crippen LogP contribution in [0.1, 0.15) is 23.3 Å². The Hall–Kier alpha value is -2.67. The van der Waals surface area contributed by atoms with Gasteiger partial charge in [-0.1, -0.05) is 41.9 Å². The molecule has 2 aliphatic heterocycles. The topological polar surface area (TPSA) is 56.6 Å². The first-order valence-electron chi connectivity index (χ1n) is 10.1. The molecule has 2 aliphatic rings. The van der Waals surface area contributed by atoms with Crippen LogP contribution < -0.4 is 0 Å². The van der Waals surface area contributed by atoms with Crippen LogP contribution in [0.25, 0.3) is 16.9 Å². The van der Waals surface area contributed by atoms with Crippen LogP contribution in [0.15, 0.2) is 60.7 Å². The number of carbonyl (C=O) groups is 1. The van der Waals surface area contributed by atoms with Gasteiger partial charge in [0.1, 0.15) is 5.69 Å². The minimum Gasteiger partial charge on any atom is -0.347 e. The van der Waals surface area contributed by atoms with Crippen molar-refractivity contribution in [1.29, 1.82) is 0 Å². The van der Waals surface area contributed by atoms with Crippen LogP contribution in [-0.2, 0) is 9.47 Å². The summed E-state index contributed by atoms with van der Waals surface area (Å²) in [7, 11) is 0. The molecule has 2 fully saturated rings. The fourth-order valence-corrected chi connectivity index (χ4v) is 4.19. The molecule has 2 aromatic carbocycles. The second kappa shape index (κ2) is 7.87. The number of amides is 1. The zero-order valence-corrected chi connectivity index (χ0v) is 17.2. The highest BCUT2D eigenvalue weighted by molar-refractivity contribution is 6.30. The largest absolute Gasteiger partial charge is 0.347 e. The number of aromatic nitrogens is 2. The number of hydrogen-bond acceptors (Lipinski definition) is 4. The van der Waals surface area contributed by atoms with Gasteiger partial charge in [0.05, 0.1) is 24.6 Å². The van der Waals surface area contributed by atoms with Crippen molar-refractivity contribution in [2.24, 2.45) is 0 Å². The Kier molecular flexibility index (Phi) is 5.06. The predicted molar refractivity (Wildman–Crippen MR) is 114 cm³/mol. The van der Waals surface area contributed by atoms with Crippen molar-refractivity contribution < 1.29 is 14.3 Å². The molecule has 7 heteroatoms. The van der Waals surface area contributed by atoms with E-state index < -0.39 is 5.79 Å². The molecule has 1 amide bonds. The van der Waals surface area contributed by atoms with Crippen LogP contribution in [0, 0.1) is 0 Å². The molecule has 5 rings (SSSR count). The quantitative estimate of drug-likeness (QED) is 0.634. The molecule has 30 heavy (non-hydrogen) atoms. The van der Waals surface area contributed by atoms with Gasteiger partial charge in [-0.3, -0.25) is 4.79 Å². The highest BCUT2D eigenvalue weighted by Crippen LogP contribution is 2.32. The zero-order valence-electron chi connectivity index (χ0n) is 16.5. The summed E-state index contributed by atoms with van der Waals surface area (Å²) in [5, 5.41) is 5.41. The number of rotatable bonds is 3. The first kappa shape index (κ1) is 19.3. The molecule has 0 N–H and O–H groups in total. The fraction of sp³-hybridized carbons (Fsp3) is 0.304. The maximum Gasteiger partial charge on any atom is 0.272 e. The summed E-state index contributed by atoms with van der Waals surface area (Å²) in [6.07, 6.45) is 1.37. The molecule has 0 bridgehead atoms. The van der Waals surface area contributed by atoms with Crippen molar-refractivity contribution in [2.45, 2.75) is 18.6 Å². The van der Waals surface area contributed by atoms with Gasteiger partial charge in [0.25, 0.3) is 5.91 Å². The maximum absolute atomic E-state index is 13.5. The number of ether oxygens (including phenoxy) is 2. The smallest absolute Gasteiger partial charge is 0.272 e. The van der Waals surface area contributed by atoms with Gasteiger partial charge >= 0.3 is 0 Å². The first-order chi connectivity index (χ1) is 14.6. The van der Waals surface area contributed by atoms with Crippen LogP contribution in [-0.4, -0.2) is 52.7 Å². The summed E-state index contributed by atoms with van der Waals surface area (Å²) in [5.74, 6) is -0.551. The third kappa shape index (κ3) is 3.62. The SMILES string of the molecule is O=C(c1cc(-c2ccc(Cl)cc2)nn1-c1ccccc1)N1CCC2(CC1)OCCO2. The van der Waals surface area contributed by atoms with E-state index in [2.05, 4.69) is 0 Å². The Morgan fingerprint density at radius 3 is 2.30 bits per heavy atom. The predicted octanol–water partition coefficient (Wildman–Crippen LogP) is 4.17. The zero-order chi connectivity index (χ0) is 20.6. The van der Waals surface area contributed by atoms with Gasteiger partial charge in [0.2, 0.25) is 0 Å². The minimum atomic E-state index is -0.509. The van der Waals surface area contributed by atoms with E-state index in [9.17, 15) is 4.79 Å². The molecule has 6 nitrogen and oxygen atoms in total. The van der Waals surface area contributed by atoms with Gasteiger partial charge in [-0.15, -0.1) is 0 Å². The van der Waals surface area contributed by atoms with Crippen molar-refractivity contribution in [3.8, 4) is 16.9 Å². The molecule has 0 radical (unpaired) electrons. The second-order valence-corrected chi connectivity index (χ2v) is 8.01. The van der Waals surface area contributed by atoms with Gasteiger partial charge in [0.15, 0.2) is 5.79 Å². The normalized spacial score (nSPS) is 18.1. The van der Waals surface area contributed by atoms with E-state index in [1.807, 2.05) is 65.6 Å². The summed E-state index contributed by atoms with van der Waals surface area (Å²) in [6.45, 7) is 2.43. The molecular formula is C23H22ClN3O3. The molecular weight excluding hydrogens is 402 g/mol. The molecule has 1 spiro atoms. The van der Waals surface area contributed by atoms with Crippen LogP contribution in [0.5, 0.6) is 0 Å². The van der Waals surface area contributed by atoms with Crippen molar-refractivity contribution in [2.75, 3.05) is 26.3 Å². The molecule has 0 unspecified atom stereocenters. The Balaban J connectivity index is 1.47. The van der Waals surface area contributed by atoms with Crippen LogP contribution in [0.2, 0.25) is 5.02 Å². The van der Waals surface area contributed by atoms with Crippen LogP contribution in [0.3, 0.4) is 0 Å². The average molecular weight is 424 g/mol. The number of halogens is 1. The van der Waals surface area contributed by atoms with Gasteiger partial charge in [0, 0.05) is 36.5 Å². The van der Waals surface area contributed by atoms with E-state index in [1.165, 1.54) is 0 Å². The highest BCUT2D eigenvalue weighted by atomic mass is 35.5. The average Bonchev–Trinajstić information content (AvgIpc) is 3.43. The number of benzene rings is 2. The monoisotopic (exact) mass is 423 g/mol. The molecule has 0 saturated carbocycles. The van der Waals surface area contributed by atoms with E-state index in [0.29, 0.717) is 49.9 Å². The fourth-order valence-electron chi connectivity index (χ4n) is 4.06. The Labute approximate surface area is 180 Å². The summed E-state index contributed by atoms with van der Waals surface area (Å²) >= 11 is 6.03. The molecule has 1 aromatic heterocycles. The lowest BCUT2D eigenvalue weighted by Crippen LogP contribution is -2.47. The third-order valence-electron chi connectivity index (χ3n) is 5.70. The second-order valence-electron chi connectivity index (χ2n) is 7.57. The Bertz CT molecular complexity index is 1030. The van der Waals surface area contributed by atoms with E-state index in [4.69, 9.17) is 26.2 Å². The van der Waals surface area contributed by atoms with Gasteiger partial charge in [-0.25, -0.2) is 4.68 Å². The first-order valence-corrected chi connectivity index (χ1v) is 10.5. The van der Waals surface area contributed by atoms with Crippen LogP contribution >= 0.6 is 11.6 Å². The van der Waals surface area contributed by atoms with Crippen LogP contribution in [0.4, 0.5) is 0 Å². The lowest BCUT2D eigenvalue weighted by Gasteiger charge is -2.37. The van der Waals surface area contributed by atoms with Gasteiger partial charge in [-0.05, 0) is 30.3 Å². The van der Waals surface area contributed by atoms with Crippen molar-refractivity contribution >= 4 is 17.5 Å². The number of para-hydroxylation sites is 1. The van der Waals surface area contributed by atoms with E-state index in [0.717, 1.165) is 16.9 Å². The van der Waals surface area contributed by atoms with Crippen molar-refractivity contribution in [3.05, 3.63) is 71.4 Å².